The van der Waals surface area contributed by atoms with Crippen LogP contribution in [-0.2, 0) is 0 Å². The minimum absolute atomic E-state index is 0.875. The standard InChI is InChI=1S/C40H25N3S/c1-4-12-26(13-5-1)29-24-33(28-16-8-3-9-17-28)41-37(25-29)43-34-22-20-31-30-18-10-11-19-36(30)44-40(31)38(34)39-35(43)23-21-32(42-39)27-14-6-2-7-15-27/h1-25H. The van der Waals surface area contributed by atoms with E-state index in [2.05, 4.69) is 144 Å². The van der Waals surface area contributed by atoms with E-state index < -0.39 is 0 Å². The summed E-state index contributed by atoms with van der Waals surface area (Å²) < 4.78 is 4.84. The number of pyridine rings is 2. The molecule has 44 heavy (non-hydrogen) atoms. The van der Waals surface area contributed by atoms with Gasteiger partial charge >= 0.3 is 0 Å². The van der Waals surface area contributed by atoms with Gasteiger partial charge < -0.3 is 0 Å². The lowest BCUT2D eigenvalue weighted by atomic mass is 10.0. The van der Waals surface area contributed by atoms with Crippen molar-refractivity contribution in [2.75, 3.05) is 0 Å². The molecule has 0 unspecified atom stereocenters. The van der Waals surface area contributed by atoms with Crippen LogP contribution in [0.15, 0.2) is 152 Å². The van der Waals surface area contributed by atoms with Gasteiger partial charge in [0.15, 0.2) is 0 Å². The van der Waals surface area contributed by atoms with Gasteiger partial charge in [0.2, 0.25) is 0 Å². The van der Waals surface area contributed by atoms with Crippen molar-refractivity contribution in [3.05, 3.63) is 152 Å². The molecular formula is C40H25N3S. The van der Waals surface area contributed by atoms with Gasteiger partial charge in [-0.1, -0.05) is 115 Å². The molecule has 0 radical (unpaired) electrons. The normalized spacial score (nSPS) is 11.6. The highest BCUT2D eigenvalue weighted by Crippen LogP contribution is 2.43. The average Bonchev–Trinajstić information content (AvgIpc) is 3.64. The molecule has 0 saturated heterocycles. The van der Waals surface area contributed by atoms with Crippen LogP contribution in [0, 0.1) is 0 Å². The molecule has 0 spiro atoms. The molecule has 0 saturated carbocycles. The molecule has 3 nitrogen and oxygen atoms in total. The molecule has 0 N–H and O–H groups in total. The molecule has 0 aliphatic rings. The van der Waals surface area contributed by atoms with E-state index in [0.29, 0.717) is 0 Å². The molecule has 4 heteroatoms. The summed E-state index contributed by atoms with van der Waals surface area (Å²) in [7, 11) is 0. The zero-order valence-electron chi connectivity index (χ0n) is 23.7. The lowest BCUT2D eigenvalue weighted by Crippen LogP contribution is -2.00. The Hall–Kier alpha value is -5.58. The van der Waals surface area contributed by atoms with Crippen LogP contribution in [0.3, 0.4) is 0 Å². The summed E-state index contributed by atoms with van der Waals surface area (Å²) in [6.45, 7) is 0. The first kappa shape index (κ1) is 25.0. The van der Waals surface area contributed by atoms with Crippen LogP contribution < -0.4 is 0 Å². The van der Waals surface area contributed by atoms with Gasteiger partial charge in [-0.2, -0.15) is 0 Å². The van der Waals surface area contributed by atoms with E-state index in [1.54, 1.807) is 0 Å². The molecule has 0 fully saturated rings. The van der Waals surface area contributed by atoms with Gasteiger partial charge in [-0.25, -0.2) is 9.97 Å². The molecule has 4 aromatic heterocycles. The van der Waals surface area contributed by atoms with Crippen molar-refractivity contribution < 1.29 is 0 Å². The maximum absolute atomic E-state index is 5.36. The largest absolute Gasteiger partial charge is 0.292 e. The van der Waals surface area contributed by atoms with Crippen molar-refractivity contribution in [1.82, 2.24) is 14.5 Å². The Balaban J connectivity index is 1.40. The van der Waals surface area contributed by atoms with Gasteiger partial charge in [0.25, 0.3) is 0 Å². The van der Waals surface area contributed by atoms with E-state index in [0.717, 1.165) is 56.0 Å². The zero-order chi connectivity index (χ0) is 29.0. The maximum atomic E-state index is 5.36. The maximum Gasteiger partial charge on any atom is 0.138 e. The summed E-state index contributed by atoms with van der Waals surface area (Å²) >= 11 is 1.84. The van der Waals surface area contributed by atoms with E-state index in [-0.39, 0.29) is 0 Å². The molecule has 5 aromatic carbocycles. The Morgan fingerprint density at radius 2 is 1.09 bits per heavy atom. The van der Waals surface area contributed by atoms with Crippen molar-refractivity contribution in [1.29, 1.82) is 0 Å². The Morgan fingerprint density at radius 3 is 1.84 bits per heavy atom. The SMILES string of the molecule is c1ccc(-c2cc(-c3ccccc3)nc(-n3c4ccc(-c5ccccc5)nc4c4c5sc6ccccc6c5ccc43)c2)cc1. The van der Waals surface area contributed by atoms with E-state index in [9.17, 15) is 0 Å². The van der Waals surface area contributed by atoms with E-state index in [1.807, 2.05) is 23.5 Å². The number of hydrogen-bond acceptors (Lipinski definition) is 3. The highest BCUT2D eigenvalue weighted by Gasteiger charge is 2.21. The van der Waals surface area contributed by atoms with Crippen LogP contribution in [0.2, 0.25) is 0 Å². The molecule has 9 aromatic rings. The molecule has 4 heterocycles. The van der Waals surface area contributed by atoms with Gasteiger partial charge in [-0.05, 0) is 47.5 Å². The quantitative estimate of drug-likeness (QED) is 0.208. The molecule has 0 aliphatic heterocycles. The average molecular weight is 580 g/mol. The van der Waals surface area contributed by atoms with Crippen LogP contribution >= 0.6 is 11.3 Å². The third kappa shape index (κ3) is 3.96. The van der Waals surface area contributed by atoms with Crippen LogP contribution in [0.5, 0.6) is 0 Å². The molecule has 0 atom stereocenters. The summed E-state index contributed by atoms with van der Waals surface area (Å²) in [4.78, 5) is 10.7. The van der Waals surface area contributed by atoms with Crippen molar-refractivity contribution in [3.63, 3.8) is 0 Å². The van der Waals surface area contributed by atoms with Crippen LogP contribution in [0.25, 0.3) is 81.6 Å². The van der Waals surface area contributed by atoms with Crippen LogP contribution in [-0.4, -0.2) is 14.5 Å². The fraction of sp³-hybridized carbons (Fsp3) is 0. The van der Waals surface area contributed by atoms with Gasteiger partial charge in [-0.15, -0.1) is 11.3 Å². The molecule has 9 rings (SSSR count). The summed E-state index contributed by atoms with van der Waals surface area (Å²) in [5.41, 5.74) is 9.52. The van der Waals surface area contributed by atoms with E-state index >= 15 is 0 Å². The number of fused-ring (bicyclic) bond motifs is 7. The second-order valence-corrected chi connectivity index (χ2v) is 12.1. The fourth-order valence-corrected chi connectivity index (χ4v) is 7.59. The Kier molecular flexibility index (Phi) is 5.68. The lowest BCUT2D eigenvalue weighted by Gasteiger charge is -2.13. The van der Waals surface area contributed by atoms with E-state index in [4.69, 9.17) is 9.97 Å². The number of aromatic nitrogens is 3. The van der Waals surface area contributed by atoms with Crippen molar-refractivity contribution in [3.8, 4) is 39.5 Å². The van der Waals surface area contributed by atoms with Gasteiger partial charge in [0.05, 0.1) is 27.9 Å². The number of thiophene rings is 1. The highest BCUT2D eigenvalue weighted by molar-refractivity contribution is 7.26. The molecule has 206 valence electrons. The first-order chi connectivity index (χ1) is 21.8. The number of hydrogen-bond donors (Lipinski definition) is 0. The van der Waals surface area contributed by atoms with Gasteiger partial charge in [-0.3, -0.25) is 4.57 Å². The first-order valence-corrected chi connectivity index (χ1v) is 15.6. The number of nitrogens with zero attached hydrogens (tertiary/aromatic N) is 3. The Morgan fingerprint density at radius 1 is 0.455 bits per heavy atom. The molecule has 0 aliphatic carbocycles. The zero-order valence-corrected chi connectivity index (χ0v) is 24.5. The first-order valence-electron chi connectivity index (χ1n) is 14.8. The summed E-state index contributed by atoms with van der Waals surface area (Å²) in [5.74, 6) is 0.875. The summed E-state index contributed by atoms with van der Waals surface area (Å²) in [6.07, 6.45) is 0. The molecule has 0 bridgehead atoms. The highest BCUT2D eigenvalue weighted by atomic mass is 32.1. The minimum Gasteiger partial charge on any atom is -0.292 e. The smallest absolute Gasteiger partial charge is 0.138 e. The minimum atomic E-state index is 0.875. The van der Waals surface area contributed by atoms with Crippen molar-refractivity contribution in [2.24, 2.45) is 0 Å². The van der Waals surface area contributed by atoms with Crippen LogP contribution in [0.4, 0.5) is 0 Å². The van der Waals surface area contributed by atoms with E-state index in [1.165, 1.54) is 25.6 Å². The summed E-state index contributed by atoms with van der Waals surface area (Å²) in [6, 6.07) is 53.4. The second-order valence-electron chi connectivity index (χ2n) is 11.0. The monoisotopic (exact) mass is 579 g/mol. The number of rotatable bonds is 4. The molecular weight excluding hydrogens is 555 g/mol. The Bertz CT molecular complexity index is 2420. The molecule has 0 amide bonds. The van der Waals surface area contributed by atoms with Gasteiger partial charge in [0, 0.05) is 36.7 Å². The van der Waals surface area contributed by atoms with Crippen molar-refractivity contribution >= 4 is 53.4 Å². The Labute approximate surface area is 258 Å². The van der Waals surface area contributed by atoms with Crippen LogP contribution in [0.1, 0.15) is 0 Å². The predicted molar refractivity (Wildman–Crippen MR) is 186 cm³/mol. The van der Waals surface area contributed by atoms with Gasteiger partial charge in [0.1, 0.15) is 5.82 Å². The summed E-state index contributed by atoms with van der Waals surface area (Å²) in [5, 5.41) is 3.72. The lowest BCUT2D eigenvalue weighted by molar-refractivity contribution is 1.08. The van der Waals surface area contributed by atoms with Crippen molar-refractivity contribution in [2.45, 2.75) is 0 Å². The topological polar surface area (TPSA) is 30.7 Å². The fourth-order valence-electron chi connectivity index (χ4n) is 6.34. The second kappa shape index (κ2) is 10.0. The predicted octanol–water partition coefficient (Wildman–Crippen LogP) is 10.9. The number of benzene rings is 5. The third-order valence-corrected chi connectivity index (χ3v) is 9.61. The third-order valence-electron chi connectivity index (χ3n) is 8.40.